The van der Waals surface area contributed by atoms with Crippen LogP contribution in [-0.2, 0) is 0 Å². The number of hydrogen-bond acceptors (Lipinski definition) is 4. The normalized spacial score (nSPS) is 11.2. The van der Waals surface area contributed by atoms with Crippen molar-refractivity contribution in [3.05, 3.63) is 54.9 Å². The van der Waals surface area contributed by atoms with Crippen molar-refractivity contribution >= 4 is 28.1 Å². The third-order valence-electron chi connectivity index (χ3n) is 6.99. The SMILES string of the molecule is CCCCCCCCN(CCCCCCCC)c1ncc(N(C)c2cccc3ccccc23)cn1. The molecule has 0 atom stereocenters. The molecule has 0 spiro atoms. The Labute approximate surface area is 213 Å². The van der Waals surface area contributed by atoms with Gasteiger partial charge >= 0.3 is 0 Å². The van der Waals surface area contributed by atoms with Crippen LogP contribution in [0.15, 0.2) is 54.9 Å². The van der Waals surface area contributed by atoms with E-state index < -0.39 is 0 Å². The monoisotopic (exact) mass is 474 g/mol. The molecule has 0 saturated carbocycles. The minimum absolute atomic E-state index is 0.877. The van der Waals surface area contributed by atoms with E-state index in [4.69, 9.17) is 9.97 Å². The maximum absolute atomic E-state index is 4.84. The molecule has 1 aromatic heterocycles. The van der Waals surface area contributed by atoms with Crippen molar-refractivity contribution in [2.45, 2.75) is 90.9 Å². The molecule has 190 valence electrons. The summed E-state index contributed by atoms with van der Waals surface area (Å²) in [7, 11) is 2.10. The highest BCUT2D eigenvalue weighted by Gasteiger charge is 2.12. The molecule has 4 heteroatoms. The Bertz CT molecular complexity index is 948. The van der Waals surface area contributed by atoms with Gasteiger partial charge in [-0.15, -0.1) is 0 Å². The summed E-state index contributed by atoms with van der Waals surface area (Å²) in [5.74, 6) is 0.877. The predicted octanol–water partition coefficient (Wildman–Crippen LogP) is 8.93. The summed E-state index contributed by atoms with van der Waals surface area (Å²) in [6.45, 7) is 6.67. The third-order valence-corrected chi connectivity index (χ3v) is 6.99. The maximum Gasteiger partial charge on any atom is 0.225 e. The number of aromatic nitrogens is 2. The van der Waals surface area contributed by atoms with Crippen LogP contribution >= 0.6 is 0 Å². The van der Waals surface area contributed by atoms with E-state index in [2.05, 4.69) is 73.2 Å². The van der Waals surface area contributed by atoms with Gasteiger partial charge in [-0.25, -0.2) is 9.97 Å². The second kappa shape index (κ2) is 15.4. The number of anilines is 3. The van der Waals surface area contributed by atoms with Gasteiger partial charge in [-0.1, -0.05) is 114 Å². The van der Waals surface area contributed by atoms with Gasteiger partial charge in [0.2, 0.25) is 5.95 Å². The average Bonchev–Trinajstić information content (AvgIpc) is 2.90. The number of benzene rings is 2. The van der Waals surface area contributed by atoms with Crippen LogP contribution in [0.1, 0.15) is 90.9 Å². The van der Waals surface area contributed by atoms with Crippen LogP contribution in [0.2, 0.25) is 0 Å². The van der Waals surface area contributed by atoms with Gasteiger partial charge in [-0.3, -0.25) is 0 Å². The molecule has 3 rings (SSSR count). The van der Waals surface area contributed by atoms with E-state index in [0.717, 1.165) is 24.7 Å². The lowest BCUT2D eigenvalue weighted by atomic mass is 10.1. The van der Waals surface area contributed by atoms with E-state index in [1.165, 1.54) is 93.5 Å². The number of nitrogens with zero attached hydrogens (tertiary/aromatic N) is 4. The molecule has 0 unspecified atom stereocenters. The number of unbranched alkanes of at least 4 members (excludes halogenated alkanes) is 10. The van der Waals surface area contributed by atoms with Crippen molar-refractivity contribution in [3.8, 4) is 0 Å². The van der Waals surface area contributed by atoms with Gasteiger partial charge in [0.05, 0.1) is 18.1 Å². The largest absolute Gasteiger partial charge is 0.342 e. The van der Waals surface area contributed by atoms with Gasteiger partial charge < -0.3 is 9.80 Å². The van der Waals surface area contributed by atoms with Crippen molar-refractivity contribution in [1.82, 2.24) is 9.97 Å². The van der Waals surface area contributed by atoms with Crippen molar-refractivity contribution in [2.24, 2.45) is 0 Å². The Balaban J connectivity index is 1.64. The summed E-state index contributed by atoms with van der Waals surface area (Å²) < 4.78 is 0. The van der Waals surface area contributed by atoms with E-state index in [-0.39, 0.29) is 0 Å². The predicted molar refractivity (Wildman–Crippen MR) is 153 cm³/mol. The van der Waals surface area contributed by atoms with Crippen LogP contribution in [0, 0.1) is 0 Å². The Kier molecular flexibility index (Phi) is 11.9. The molecule has 0 aliphatic rings. The molecule has 35 heavy (non-hydrogen) atoms. The summed E-state index contributed by atoms with van der Waals surface area (Å²) in [4.78, 5) is 14.3. The van der Waals surface area contributed by atoms with Crippen LogP contribution in [0.3, 0.4) is 0 Å². The van der Waals surface area contributed by atoms with E-state index in [1.807, 2.05) is 12.4 Å². The maximum atomic E-state index is 4.84. The summed E-state index contributed by atoms with van der Waals surface area (Å²) in [6, 6.07) is 15.0. The minimum Gasteiger partial charge on any atom is -0.342 e. The molecule has 0 radical (unpaired) electrons. The van der Waals surface area contributed by atoms with Crippen molar-refractivity contribution in [1.29, 1.82) is 0 Å². The molecule has 0 N–H and O–H groups in total. The first-order chi connectivity index (χ1) is 17.2. The van der Waals surface area contributed by atoms with E-state index in [1.54, 1.807) is 0 Å². The molecule has 0 bridgehead atoms. The summed E-state index contributed by atoms with van der Waals surface area (Å²) in [6.07, 6.45) is 19.7. The molecule has 0 saturated heterocycles. The molecule has 3 aromatic rings. The van der Waals surface area contributed by atoms with Gasteiger partial charge in [0.15, 0.2) is 0 Å². The van der Waals surface area contributed by atoms with Crippen LogP contribution in [0.5, 0.6) is 0 Å². The Morgan fingerprint density at radius 2 is 1.17 bits per heavy atom. The molecular weight excluding hydrogens is 428 g/mol. The lowest BCUT2D eigenvalue weighted by molar-refractivity contribution is 0.570. The van der Waals surface area contributed by atoms with Crippen LogP contribution in [0.4, 0.5) is 17.3 Å². The molecule has 0 fully saturated rings. The van der Waals surface area contributed by atoms with Crippen LogP contribution < -0.4 is 9.80 Å². The number of hydrogen-bond donors (Lipinski definition) is 0. The molecular formula is C31H46N4. The first-order valence-electron chi connectivity index (χ1n) is 14.0. The average molecular weight is 475 g/mol. The zero-order valence-corrected chi connectivity index (χ0v) is 22.4. The lowest BCUT2D eigenvalue weighted by Crippen LogP contribution is -2.28. The molecule has 0 aliphatic heterocycles. The van der Waals surface area contributed by atoms with Gasteiger partial charge in [0.1, 0.15) is 0 Å². The molecule has 1 heterocycles. The standard InChI is InChI=1S/C31H46N4/c1-4-6-8-10-12-16-23-35(24-17-13-11-9-7-5-2)31-32-25-28(26-33-31)34(3)30-22-18-20-27-19-14-15-21-29(27)30/h14-15,18-22,25-26H,4-13,16-17,23-24H2,1-3H3. The fraction of sp³-hybridized carbons (Fsp3) is 0.548. The molecule has 2 aromatic carbocycles. The van der Waals surface area contributed by atoms with E-state index >= 15 is 0 Å². The first-order valence-corrected chi connectivity index (χ1v) is 14.0. The second-order valence-corrected chi connectivity index (χ2v) is 9.82. The summed E-state index contributed by atoms with van der Waals surface area (Å²) in [5, 5.41) is 2.49. The third kappa shape index (κ3) is 8.52. The molecule has 0 aliphatic carbocycles. The highest BCUT2D eigenvalue weighted by atomic mass is 15.3. The van der Waals surface area contributed by atoms with E-state index in [9.17, 15) is 0 Å². The molecule has 0 amide bonds. The second-order valence-electron chi connectivity index (χ2n) is 9.82. The molecule has 4 nitrogen and oxygen atoms in total. The van der Waals surface area contributed by atoms with Gasteiger partial charge in [0.25, 0.3) is 0 Å². The van der Waals surface area contributed by atoms with Gasteiger partial charge in [0, 0.05) is 31.2 Å². The highest BCUT2D eigenvalue weighted by Crippen LogP contribution is 2.30. The fourth-order valence-corrected chi connectivity index (χ4v) is 4.77. The summed E-state index contributed by atoms with van der Waals surface area (Å²) in [5.41, 5.74) is 2.19. The Morgan fingerprint density at radius 3 is 1.80 bits per heavy atom. The number of fused-ring (bicyclic) bond motifs is 1. The van der Waals surface area contributed by atoms with E-state index in [0.29, 0.717) is 0 Å². The van der Waals surface area contributed by atoms with Crippen molar-refractivity contribution in [3.63, 3.8) is 0 Å². The zero-order chi connectivity index (χ0) is 24.7. The Hall–Kier alpha value is -2.62. The van der Waals surface area contributed by atoms with Crippen molar-refractivity contribution in [2.75, 3.05) is 29.9 Å². The summed E-state index contributed by atoms with van der Waals surface area (Å²) >= 11 is 0. The zero-order valence-electron chi connectivity index (χ0n) is 22.4. The van der Waals surface area contributed by atoms with Gasteiger partial charge in [-0.2, -0.15) is 0 Å². The smallest absolute Gasteiger partial charge is 0.225 e. The Morgan fingerprint density at radius 1 is 0.629 bits per heavy atom. The fourth-order valence-electron chi connectivity index (χ4n) is 4.77. The highest BCUT2D eigenvalue weighted by molar-refractivity contribution is 5.95. The quantitative estimate of drug-likeness (QED) is 0.183. The van der Waals surface area contributed by atoms with Crippen molar-refractivity contribution < 1.29 is 0 Å². The van der Waals surface area contributed by atoms with Crippen LogP contribution in [0.25, 0.3) is 10.8 Å². The topological polar surface area (TPSA) is 32.3 Å². The lowest BCUT2D eigenvalue weighted by Gasteiger charge is -2.24. The minimum atomic E-state index is 0.877. The van der Waals surface area contributed by atoms with Gasteiger partial charge in [-0.05, 0) is 24.3 Å². The van der Waals surface area contributed by atoms with Crippen LogP contribution in [-0.4, -0.2) is 30.1 Å². The first kappa shape index (κ1) is 27.0. The number of rotatable bonds is 17.